The van der Waals surface area contributed by atoms with E-state index < -0.39 is 0 Å². The van der Waals surface area contributed by atoms with E-state index in [9.17, 15) is 9.59 Å². The van der Waals surface area contributed by atoms with Crippen molar-refractivity contribution >= 4 is 28.9 Å². The van der Waals surface area contributed by atoms with E-state index in [0.717, 1.165) is 42.7 Å². The summed E-state index contributed by atoms with van der Waals surface area (Å²) in [5, 5.41) is 6.08. The average Bonchev–Trinajstić information content (AvgIpc) is 2.38. The van der Waals surface area contributed by atoms with Crippen molar-refractivity contribution in [1.29, 1.82) is 0 Å². The normalized spacial score (nSPS) is 13.5. The SMILES string of the molecule is NC(=O)CCCCNc1cc2c(cc1N)NC(=O)CC2. The van der Waals surface area contributed by atoms with Gasteiger partial charge in [-0.05, 0) is 37.0 Å². The number of fused-ring (bicyclic) bond motifs is 1. The number of aryl methyl sites for hydroxylation is 1. The van der Waals surface area contributed by atoms with Crippen molar-refractivity contribution in [3.05, 3.63) is 17.7 Å². The smallest absolute Gasteiger partial charge is 0.224 e. The predicted molar refractivity (Wildman–Crippen MR) is 79.3 cm³/mol. The number of nitrogen functional groups attached to an aromatic ring is 1. The Kier molecular flexibility index (Phi) is 4.45. The number of benzene rings is 1. The molecule has 0 saturated carbocycles. The van der Waals surface area contributed by atoms with Gasteiger partial charge in [0.25, 0.3) is 0 Å². The molecule has 0 spiro atoms. The molecule has 1 aromatic rings. The number of unbranched alkanes of at least 4 members (excludes halogenated alkanes) is 1. The van der Waals surface area contributed by atoms with Gasteiger partial charge in [0.2, 0.25) is 11.8 Å². The largest absolute Gasteiger partial charge is 0.397 e. The molecule has 2 amide bonds. The van der Waals surface area contributed by atoms with Crippen LogP contribution in [-0.4, -0.2) is 18.4 Å². The van der Waals surface area contributed by atoms with Gasteiger partial charge in [-0.25, -0.2) is 0 Å². The van der Waals surface area contributed by atoms with Gasteiger partial charge < -0.3 is 22.1 Å². The Bertz CT molecular complexity index is 528. The molecule has 20 heavy (non-hydrogen) atoms. The van der Waals surface area contributed by atoms with Gasteiger partial charge in [-0.3, -0.25) is 9.59 Å². The molecule has 0 atom stereocenters. The van der Waals surface area contributed by atoms with Gasteiger partial charge in [0.15, 0.2) is 0 Å². The van der Waals surface area contributed by atoms with Crippen LogP contribution in [0.3, 0.4) is 0 Å². The first kappa shape index (κ1) is 14.2. The summed E-state index contributed by atoms with van der Waals surface area (Å²) in [5.74, 6) is -0.238. The molecule has 0 saturated heterocycles. The number of rotatable bonds is 6. The van der Waals surface area contributed by atoms with Crippen LogP contribution in [0.15, 0.2) is 12.1 Å². The Hall–Kier alpha value is -2.24. The van der Waals surface area contributed by atoms with E-state index >= 15 is 0 Å². The van der Waals surface area contributed by atoms with E-state index in [1.54, 1.807) is 6.07 Å². The Morgan fingerprint density at radius 2 is 2.10 bits per heavy atom. The summed E-state index contributed by atoms with van der Waals surface area (Å²) in [6.45, 7) is 0.739. The highest BCUT2D eigenvalue weighted by Gasteiger charge is 2.16. The number of primary amides is 1. The van der Waals surface area contributed by atoms with Crippen LogP contribution in [0.1, 0.15) is 31.2 Å². The van der Waals surface area contributed by atoms with Gasteiger partial charge in [0.05, 0.1) is 11.4 Å². The lowest BCUT2D eigenvalue weighted by molar-refractivity contribution is -0.118. The molecule has 1 aliphatic heterocycles. The number of nitrogens with two attached hydrogens (primary N) is 2. The Balaban J connectivity index is 1.92. The third-order valence-electron chi connectivity index (χ3n) is 3.34. The van der Waals surface area contributed by atoms with Crippen LogP contribution in [0.4, 0.5) is 17.1 Å². The van der Waals surface area contributed by atoms with E-state index in [0.29, 0.717) is 18.5 Å². The van der Waals surface area contributed by atoms with E-state index in [1.165, 1.54) is 0 Å². The molecule has 0 bridgehead atoms. The van der Waals surface area contributed by atoms with Crippen molar-refractivity contribution in [3.8, 4) is 0 Å². The number of nitrogens with one attached hydrogen (secondary N) is 2. The predicted octanol–water partition coefficient (Wildman–Crippen LogP) is 1.22. The molecule has 0 unspecified atom stereocenters. The average molecular weight is 276 g/mol. The monoisotopic (exact) mass is 276 g/mol. The van der Waals surface area contributed by atoms with Crippen LogP contribution in [0.5, 0.6) is 0 Å². The molecule has 1 aromatic carbocycles. The minimum Gasteiger partial charge on any atom is -0.397 e. The fraction of sp³-hybridized carbons (Fsp3) is 0.429. The Labute approximate surface area is 117 Å². The quantitative estimate of drug-likeness (QED) is 0.462. The van der Waals surface area contributed by atoms with Gasteiger partial charge in [-0.1, -0.05) is 0 Å². The number of hydrogen-bond donors (Lipinski definition) is 4. The summed E-state index contributed by atoms with van der Waals surface area (Å²) < 4.78 is 0. The van der Waals surface area contributed by atoms with Crippen LogP contribution >= 0.6 is 0 Å². The zero-order chi connectivity index (χ0) is 14.5. The summed E-state index contributed by atoms with van der Waals surface area (Å²) in [4.78, 5) is 21.9. The van der Waals surface area contributed by atoms with Crippen LogP contribution in [0, 0.1) is 0 Å². The van der Waals surface area contributed by atoms with Crippen LogP contribution in [-0.2, 0) is 16.0 Å². The number of hydrogen-bond acceptors (Lipinski definition) is 4. The molecule has 1 heterocycles. The maximum atomic E-state index is 11.3. The standard InChI is InChI=1S/C14H20N4O2/c15-10-8-11-9(4-5-14(20)18-11)7-12(10)17-6-2-1-3-13(16)19/h7-8,17H,1-6,15H2,(H2,16,19)(H,18,20). The second-order valence-corrected chi connectivity index (χ2v) is 4.99. The highest BCUT2D eigenvalue weighted by Crippen LogP contribution is 2.30. The summed E-state index contributed by atoms with van der Waals surface area (Å²) in [6.07, 6.45) is 3.28. The van der Waals surface area contributed by atoms with Crippen molar-refractivity contribution < 1.29 is 9.59 Å². The third kappa shape index (κ3) is 3.63. The topological polar surface area (TPSA) is 110 Å². The molecule has 2 rings (SSSR count). The van der Waals surface area contributed by atoms with Crippen molar-refractivity contribution in [2.45, 2.75) is 32.1 Å². The molecule has 0 fully saturated rings. The molecule has 6 heteroatoms. The number of carbonyl (C=O) groups is 2. The zero-order valence-electron chi connectivity index (χ0n) is 11.4. The number of anilines is 3. The first-order chi connectivity index (χ1) is 9.56. The molecule has 1 aliphatic rings. The molecule has 6 N–H and O–H groups in total. The molecule has 6 nitrogen and oxygen atoms in total. The lowest BCUT2D eigenvalue weighted by Crippen LogP contribution is -2.19. The van der Waals surface area contributed by atoms with Gasteiger partial charge in [0.1, 0.15) is 0 Å². The Morgan fingerprint density at radius 3 is 2.85 bits per heavy atom. The summed E-state index contributed by atoms with van der Waals surface area (Å²) >= 11 is 0. The molecule has 108 valence electrons. The van der Waals surface area contributed by atoms with Crippen molar-refractivity contribution in [2.24, 2.45) is 5.73 Å². The summed E-state index contributed by atoms with van der Waals surface area (Å²) in [5.41, 5.74) is 14.4. The zero-order valence-corrected chi connectivity index (χ0v) is 11.4. The van der Waals surface area contributed by atoms with Crippen LogP contribution in [0.25, 0.3) is 0 Å². The van der Waals surface area contributed by atoms with Gasteiger partial charge in [-0.2, -0.15) is 0 Å². The molecule has 0 aromatic heterocycles. The van der Waals surface area contributed by atoms with E-state index in [1.807, 2.05) is 6.07 Å². The maximum absolute atomic E-state index is 11.3. The molecular weight excluding hydrogens is 256 g/mol. The van der Waals surface area contributed by atoms with Gasteiger partial charge in [0, 0.05) is 25.1 Å². The van der Waals surface area contributed by atoms with Crippen molar-refractivity contribution in [1.82, 2.24) is 0 Å². The molecule has 0 aliphatic carbocycles. The van der Waals surface area contributed by atoms with Crippen molar-refractivity contribution in [3.63, 3.8) is 0 Å². The minimum atomic E-state index is -0.269. The van der Waals surface area contributed by atoms with E-state index in [-0.39, 0.29) is 11.8 Å². The number of carbonyl (C=O) groups excluding carboxylic acids is 2. The highest BCUT2D eigenvalue weighted by molar-refractivity contribution is 5.95. The summed E-state index contributed by atoms with van der Waals surface area (Å²) in [7, 11) is 0. The van der Waals surface area contributed by atoms with Crippen molar-refractivity contribution in [2.75, 3.05) is 22.9 Å². The fourth-order valence-corrected chi connectivity index (χ4v) is 2.25. The second-order valence-electron chi connectivity index (χ2n) is 4.99. The van der Waals surface area contributed by atoms with Gasteiger partial charge in [-0.15, -0.1) is 0 Å². The maximum Gasteiger partial charge on any atom is 0.224 e. The first-order valence-electron chi connectivity index (χ1n) is 6.80. The Morgan fingerprint density at radius 1 is 1.30 bits per heavy atom. The number of amides is 2. The lowest BCUT2D eigenvalue weighted by atomic mass is 10.0. The highest BCUT2D eigenvalue weighted by atomic mass is 16.1. The third-order valence-corrected chi connectivity index (χ3v) is 3.34. The summed E-state index contributed by atoms with van der Waals surface area (Å²) in [6, 6.07) is 3.77. The fourth-order valence-electron chi connectivity index (χ4n) is 2.25. The van der Waals surface area contributed by atoms with Crippen LogP contribution < -0.4 is 22.1 Å². The van der Waals surface area contributed by atoms with E-state index in [2.05, 4.69) is 10.6 Å². The van der Waals surface area contributed by atoms with Crippen LogP contribution in [0.2, 0.25) is 0 Å². The van der Waals surface area contributed by atoms with E-state index in [4.69, 9.17) is 11.5 Å². The minimum absolute atomic E-state index is 0.0315. The first-order valence-corrected chi connectivity index (χ1v) is 6.80. The molecule has 0 radical (unpaired) electrons. The molecular formula is C14H20N4O2. The second kappa shape index (κ2) is 6.27. The lowest BCUT2D eigenvalue weighted by Gasteiger charge is -2.19. The van der Waals surface area contributed by atoms with Gasteiger partial charge >= 0.3 is 0 Å².